The standard InChI is InChI=1S/C28H33N7O2.2ClH/c1-3-29-17-21-8-10-23(11-9-21)28(36)34-14-12-33(13-15-34)26-25-18-32-35(27(25)31-20-30-26)19-22-6-5-7-24(16-22)37-4-2;;/h5-11,16,18,20,29H,3-4,12-15,17,19H2,1-2H3;2*1H. The molecule has 0 saturated carbocycles. The second-order valence-corrected chi connectivity index (χ2v) is 9.07. The highest BCUT2D eigenvalue weighted by atomic mass is 35.5. The number of rotatable bonds is 9. The molecule has 0 aliphatic carbocycles. The highest BCUT2D eigenvalue weighted by Crippen LogP contribution is 2.25. The van der Waals surface area contributed by atoms with Gasteiger partial charge in [-0.2, -0.15) is 5.10 Å². The number of halogens is 2. The van der Waals surface area contributed by atoms with Crippen LogP contribution in [0.4, 0.5) is 5.82 Å². The zero-order chi connectivity index (χ0) is 25.6. The van der Waals surface area contributed by atoms with Crippen LogP contribution >= 0.6 is 24.8 Å². The van der Waals surface area contributed by atoms with Gasteiger partial charge in [0.25, 0.3) is 5.91 Å². The predicted octanol–water partition coefficient (Wildman–Crippen LogP) is 4.19. The molecule has 0 atom stereocenters. The Bertz CT molecular complexity index is 1360. The van der Waals surface area contributed by atoms with E-state index >= 15 is 0 Å². The van der Waals surface area contributed by atoms with Gasteiger partial charge >= 0.3 is 0 Å². The Labute approximate surface area is 241 Å². The summed E-state index contributed by atoms with van der Waals surface area (Å²) in [7, 11) is 0. The summed E-state index contributed by atoms with van der Waals surface area (Å²) in [6, 6.07) is 15.9. The van der Waals surface area contributed by atoms with Gasteiger partial charge < -0.3 is 19.9 Å². The van der Waals surface area contributed by atoms with Crippen molar-refractivity contribution in [2.45, 2.75) is 26.9 Å². The van der Waals surface area contributed by atoms with Crippen LogP contribution in [-0.4, -0.2) is 69.9 Å². The molecule has 1 aliphatic rings. The summed E-state index contributed by atoms with van der Waals surface area (Å²) < 4.78 is 7.53. The second-order valence-electron chi connectivity index (χ2n) is 9.07. The molecule has 5 rings (SSSR count). The Morgan fingerprint density at radius 2 is 1.74 bits per heavy atom. The quantitative estimate of drug-likeness (QED) is 0.322. The number of piperazine rings is 1. The van der Waals surface area contributed by atoms with Crippen LogP contribution in [0.2, 0.25) is 0 Å². The fourth-order valence-corrected chi connectivity index (χ4v) is 4.66. The number of benzene rings is 2. The lowest BCUT2D eigenvalue weighted by Crippen LogP contribution is -2.49. The second kappa shape index (κ2) is 14.1. The molecule has 0 radical (unpaired) electrons. The van der Waals surface area contributed by atoms with Crippen LogP contribution in [0.1, 0.15) is 35.3 Å². The number of amides is 1. The largest absolute Gasteiger partial charge is 0.494 e. The zero-order valence-corrected chi connectivity index (χ0v) is 23.9. The van der Waals surface area contributed by atoms with Crippen LogP contribution < -0.4 is 15.0 Å². The monoisotopic (exact) mass is 571 g/mol. The lowest BCUT2D eigenvalue weighted by molar-refractivity contribution is 0.0746. The number of anilines is 1. The van der Waals surface area contributed by atoms with Crippen LogP contribution in [0, 0.1) is 0 Å². The molecule has 208 valence electrons. The summed E-state index contributed by atoms with van der Waals surface area (Å²) in [5.41, 5.74) is 3.80. The van der Waals surface area contributed by atoms with Crippen LogP contribution in [0.15, 0.2) is 61.1 Å². The Morgan fingerprint density at radius 3 is 2.46 bits per heavy atom. The fourth-order valence-electron chi connectivity index (χ4n) is 4.66. The van der Waals surface area contributed by atoms with E-state index in [0.717, 1.165) is 46.8 Å². The molecular weight excluding hydrogens is 537 g/mol. The highest BCUT2D eigenvalue weighted by molar-refractivity contribution is 5.94. The first-order chi connectivity index (χ1) is 18.2. The number of ether oxygens (including phenoxy) is 1. The number of nitrogens with one attached hydrogen (secondary N) is 1. The Morgan fingerprint density at radius 1 is 0.974 bits per heavy atom. The van der Waals surface area contributed by atoms with Gasteiger partial charge in [-0.05, 0) is 48.9 Å². The van der Waals surface area contributed by atoms with Crippen molar-refractivity contribution in [1.82, 2.24) is 30.0 Å². The van der Waals surface area contributed by atoms with Crippen molar-refractivity contribution < 1.29 is 9.53 Å². The number of hydrogen-bond acceptors (Lipinski definition) is 7. The summed E-state index contributed by atoms with van der Waals surface area (Å²) >= 11 is 0. The van der Waals surface area contributed by atoms with Crippen LogP contribution in [0.3, 0.4) is 0 Å². The molecule has 1 N–H and O–H groups in total. The number of carbonyl (C=O) groups excluding carboxylic acids is 1. The van der Waals surface area contributed by atoms with Crippen LogP contribution in [0.25, 0.3) is 11.0 Å². The van der Waals surface area contributed by atoms with E-state index in [1.165, 1.54) is 5.56 Å². The number of aromatic nitrogens is 4. The topological polar surface area (TPSA) is 88.4 Å². The van der Waals surface area contributed by atoms with E-state index in [2.05, 4.69) is 38.3 Å². The van der Waals surface area contributed by atoms with Gasteiger partial charge in [-0.3, -0.25) is 4.79 Å². The predicted molar refractivity (Wildman–Crippen MR) is 158 cm³/mol. The molecule has 2 aromatic heterocycles. The number of carbonyl (C=O) groups is 1. The molecule has 0 unspecified atom stereocenters. The smallest absolute Gasteiger partial charge is 0.253 e. The van der Waals surface area contributed by atoms with Gasteiger partial charge in [0, 0.05) is 38.3 Å². The molecule has 0 spiro atoms. The third-order valence-corrected chi connectivity index (χ3v) is 6.60. The summed E-state index contributed by atoms with van der Waals surface area (Å²) in [6.45, 7) is 9.72. The molecule has 4 aromatic rings. The molecule has 39 heavy (non-hydrogen) atoms. The van der Waals surface area contributed by atoms with Crippen molar-refractivity contribution in [2.75, 3.05) is 44.2 Å². The van der Waals surface area contributed by atoms with Gasteiger partial charge in [-0.15, -0.1) is 24.8 Å². The average molecular weight is 573 g/mol. The van der Waals surface area contributed by atoms with Crippen molar-refractivity contribution in [1.29, 1.82) is 0 Å². The Balaban J connectivity index is 0.00000210. The molecule has 11 heteroatoms. The normalized spacial score (nSPS) is 13.1. The summed E-state index contributed by atoms with van der Waals surface area (Å²) in [6.07, 6.45) is 3.43. The minimum absolute atomic E-state index is 0. The first-order valence-corrected chi connectivity index (χ1v) is 12.9. The number of nitrogens with zero attached hydrogens (tertiary/aromatic N) is 6. The first-order valence-electron chi connectivity index (χ1n) is 12.9. The third kappa shape index (κ3) is 6.98. The maximum Gasteiger partial charge on any atom is 0.253 e. The van der Waals surface area contributed by atoms with Crippen molar-refractivity contribution in [2.24, 2.45) is 0 Å². The first kappa shape index (κ1) is 30.1. The van der Waals surface area contributed by atoms with Gasteiger partial charge in [0.15, 0.2) is 5.65 Å². The summed E-state index contributed by atoms with van der Waals surface area (Å²) in [4.78, 5) is 26.3. The SMILES string of the molecule is CCNCc1ccc(C(=O)N2CCN(c3ncnc4c3cnn4Cc3cccc(OCC)c3)CC2)cc1.Cl.Cl. The molecule has 1 amide bonds. The van der Waals surface area contributed by atoms with E-state index in [1.807, 2.05) is 65.2 Å². The molecule has 1 saturated heterocycles. The minimum atomic E-state index is 0. The summed E-state index contributed by atoms with van der Waals surface area (Å²) in [5, 5.41) is 8.83. The van der Waals surface area contributed by atoms with Gasteiger partial charge in [0.05, 0.1) is 24.7 Å². The molecule has 1 fully saturated rings. The molecule has 3 heterocycles. The fraction of sp³-hybridized carbons (Fsp3) is 0.357. The van der Waals surface area contributed by atoms with E-state index in [4.69, 9.17) is 4.74 Å². The lowest BCUT2D eigenvalue weighted by atomic mass is 10.1. The summed E-state index contributed by atoms with van der Waals surface area (Å²) in [5.74, 6) is 1.78. The van der Waals surface area contributed by atoms with Crippen LogP contribution in [0.5, 0.6) is 5.75 Å². The minimum Gasteiger partial charge on any atom is -0.494 e. The van der Waals surface area contributed by atoms with Gasteiger partial charge in [-0.25, -0.2) is 14.6 Å². The van der Waals surface area contributed by atoms with E-state index < -0.39 is 0 Å². The van der Waals surface area contributed by atoms with E-state index in [9.17, 15) is 4.79 Å². The van der Waals surface area contributed by atoms with Crippen molar-refractivity contribution >= 4 is 47.6 Å². The van der Waals surface area contributed by atoms with Crippen molar-refractivity contribution in [3.8, 4) is 5.75 Å². The van der Waals surface area contributed by atoms with Crippen molar-refractivity contribution in [3.05, 3.63) is 77.7 Å². The Hall–Kier alpha value is -3.40. The molecule has 2 aromatic carbocycles. The molecule has 9 nitrogen and oxygen atoms in total. The average Bonchev–Trinajstić information content (AvgIpc) is 3.35. The Kier molecular flexibility index (Phi) is 10.9. The number of fused-ring (bicyclic) bond motifs is 1. The maximum absolute atomic E-state index is 13.1. The lowest BCUT2D eigenvalue weighted by Gasteiger charge is -2.35. The molecule has 1 aliphatic heterocycles. The number of hydrogen-bond donors (Lipinski definition) is 1. The third-order valence-electron chi connectivity index (χ3n) is 6.60. The van der Waals surface area contributed by atoms with Crippen LogP contribution in [-0.2, 0) is 13.1 Å². The van der Waals surface area contributed by atoms with E-state index in [0.29, 0.717) is 39.3 Å². The van der Waals surface area contributed by atoms with Gasteiger partial charge in [0.2, 0.25) is 0 Å². The zero-order valence-electron chi connectivity index (χ0n) is 22.2. The van der Waals surface area contributed by atoms with Crippen molar-refractivity contribution in [3.63, 3.8) is 0 Å². The molecule has 0 bridgehead atoms. The van der Waals surface area contributed by atoms with Gasteiger partial charge in [0.1, 0.15) is 17.9 Å². The maximum atomic E-state index is 13.1. The molecular formula is C28H35Cl2N7O2. The highest BCUT2D eigenvalue weighted by Gasteiger charge is 2.25. The van der Waals surface area contributed by atoms with E-state index in [-0.39, 0.29) is 30.7 Å². The van der Waals surface area contributed by atoms with Gasteiger partial charge in [-0.1, -0.05) is 31.2 Å². The van der Waals surface area contributed by atoms with E-state index in [1.54, 1.807) is 6.33 Å².